The summed E-state index contributed by atoms with van der Waals surface area (Å²) in [5, 5.41) is 12.3. The molecule has 0 saturated heterocycles. The van der Waals surface area contributed by atoms with Gasteiger partial charge in [0.05, 0.1) is 13.3 Å². The SMILES string of the molecule is COc1cccc(/C=N/Nc2nnc(C)c(=O)[nH]2)c1OCc1cccc(Cl)c1. The maximum atomic E-state index is 11.6. The second kappa shape index (κ2) is 9.01. The van der Waals surface area contributed by atoms with E-state index in [9.17, 15) is 4.79 Å². The van der Waals surface area contributed by atoms with Gasteiger partial charge in [-0.2, -0.15) is 5.10 Å². The van der Waals surface area contributed by atoms with E-state index in [1.165, 1.54) is 6.21 Å². The summed E-state index contributed by atoms with van der Waals surface area (Å²) in [6.45, 7) is 1.88. The number of aryl methyl sites for hydroxylation is 1. The van der Waals surface area contributed by atoms with E-state index in [0.29, 0.717) is 28.7 Å². The Hall–Kier alpha value is -3.39. The molecule has 1 aromatic heterocycles. The summed E-state index contributed by atoms with van der Waals surface area (Å²) in [6.07, 6.45) is 1.54. The zero-order chi connectivity index (χ0) is 19.9. The molecule has 9 heteroatoms. The lowest BCUT2D eigenvalue weighted by atomic mass is 10.2. The van der Waals surface area contributed by atoms with Crippen LogP contribution in [-0.2, 0) is 6.61 Å². The van der Waals surface area contributed by atoms with E-state index < -0.39 is 0 Å². The fraction of sp³-hybridized carbons (Fsp3) is 0.158. The van der Waals surface area contributed by atoms with Crippen molar-refractivity contribution < 1.29 is 9.47 Å². The number of benzene rings is 2. The lowest BCUT2D eigenvalue weighted by Gasteiger charge is -2.13. The number of anilines is 1. The monoisotopic (exact) mass is 399 g/mol. The van der Waals surface area contributed by atoms with E-state index in [-0.39, 0.29) is 17.2 Å². The first kappa shape index (κ1) is 19.4. The highest BCUT2D eigenvalue weighted by molar-refractivity contribution is 6.30. The van der Waals surface area contributed by atoms with Gasteiger partial charge in [-0.05, 0) is 36.8 Å². The van der Waals surface area contributed by atoms with Gasteiger partial charge in [-0.25, -0.2) is 5.43 Å². The van der Waals surface area contributed by atoms with E-state index in [1.54, 1.807) is 26.2 Å². The molecular formula is C19H18ClN5O3. The van der Waals surface area contributed by atoms with Crippen LogP contribution in [0.25, 0.3) is 0 Å². The second-order valence-electron chi connectivity index (χ2n) is 5.76. The van der Waals surface area contributed by atoms with Crippen molar-refractivity contribution in [1.82, 2.24) is 15.2 Å². The molecule has 0 saturated carbocycles. The van der Waals surface area contributed by atoms with Crippen molar-refractivity contribution in [3.63, 3.8) is 0 Å². The van der Waals surface area contributed by atoms with Crippen LogP contribution in [0.3, 0.4) is 0 Å². The Morgan fingerprint density at radius 3 is 2.82 bits per heavy atom. The molecule has 3 rings (SSSR count). The van der Waals surface area contributed by atoms with Gasteiger partial charge in [-0.15, -0.1) is 10.2 Å². The average Bonchev–Trinajstić information content (AvgIpc) is 2.69. The number of ether oxygens (including phenoxy) is 2. The summed E-state index contributed by atoms with van der Waals surface area (Å²) in [5.74, 6) is 1.23. The summed E-state index contributed by atoms with van der Waals surface area (Å²) in [6, 6.07) is 12.8. The number of para-hydroxylation sites is 1. The van der Waals surface area contributed by atoms with Gasteiger partial charge in [0, 0.05) is 10.6 Å². The maximum absolute atomic E-state index is 11.6. The first-order valence-corrected chi connectivity index (χ1v) is 8.71. The second-order valence-corrected chi connectivity index (χ2v) is 6.19. The molecule has 0 aliphatic rings. The first-order chi connectivity index (χ1) is 13.6. The summed E-state index contributed by atoms with van der Waals surface area (Å²) in [5.41, 5.74) is 4.18. The van der Waals surface area contributed by atoms with Crippen LogP contribution in [0.1, 0.15) is 16.8 Å². The van der Waals surface area contributed by atoms with Crippen molar-refractivity contribution in [2.24, 2.45) is 5.10 Å². The molecule has 2 aromatic carbocycles. The molecule has 0 atom stereocenters. The number of H-pyrrole nitrogens is 1. The van der Waals surface area contributed by atoms with Crippen molar-refractivity contribution in [3.05, 3.63) is 74.7 Å². The number of hydrazone groups is 1. The van der Waals surface area contributed by atoms with E-state index in [1.807, 2.05) is 30.3 Å². The van der Waals surface area contributed by atoms with Crippen molar-refractivity contribution in [1.29, 1.82) is 0 Å². The van der Waals surface area contributed by atoms with Crippen LogP contribution >= 0.6 is 11.6 Å². The summed E-state index contributed by atoms with van der Waals surface area (Å²) in [4.78, 5) is 14.1. The number of hydrogen-bond donors (Lipinski definition) is 2. The Labute approximate surface area is 166 Å². The lowest BCUT2D eigenvalue weighted by molar-refractivity contribution is 0.284. The average molecular weight is 400 g/mol. The lowest BCUT2D eigenvalue weighted by Crippen LogP contribution is -2.15. The molecule has 2 N–H and O–H groups in total. The van der Waals surface area contributed by atoms with Crippen molar-refractivity contribution in [2.45, 2.75) is 13.5 Å². The fourth-order valence-corrected chi connectivity index (χ4v) is 2.55. The molecular weight excluding hydrogens is 382 g/mol. The van der Waals surface area contributed by atoms with Gasteiger partial charge in [0.25, 0.3) is 5.56 Å². The van der Waals surface area contributed by atoms with Crippen LogP contribution in [0, 0.1) is 6.92 Å². The normalized spacial score (nSPS) is 10.8. The molecule has 1 heterocycles. The smallest absolute Gasteiger partial charge is 0.274 e. The molecule has 0 spiro atoms. The minimum atomic E-state index is -0.334. The van der Waals surface area contributed by atoms with Crippen LogP contribution in [0.5, 0.6) is 11.5 Å². The summed E-state index contributed by atoms with van der Waals surface area (Å²) in [7, 11) is 1.56. The zero-order valence-electron chi connectivity index (χ0n) is 15.3. The highest BCUT2D eigenvalue weighted by Crippen LogP contribution is 2.31. The topological polar surface area (TPSA) is 101 Å². The number of rotatable bonds is 7. The number of halogens is 1. The molecule has 3 aromatic rings. The summed E-state index contributed by atoms with van der Waals surface area (Å²) >= 11 is 6.02. The highest BCUT2D eigenvalue weighted by atomic mass is 35.5. The van der Waals surface area contributed by atoms with E-state index in [4.69, 9.17) is 21.1 Å². The van der Waals surface area contributed by atoms with Gasteiger partial charge in [0.1, 0.15) is 12.3 Å². The standard InChI is InChI=1S/C19H18ClN5O3/c1-12-18(26)22-19(25-23-12)24-21-10-14-6-4-8-16(27-2)17(14)28-11-13-5-3-7-15(20)9-13/h3-10H,11H2,1-2H3,(H2,22,24,25,26)/b21-10+. The predicted molar refractivity (Wildman–Crippen MR) is 107 cm³/mol. The van der Waals surface area contributed by atoms with Crippen LogP contribution < -0.4 is 20.5 Å². The summed E-state index contributed by atoms with van der Waals surface area (Å²) < 4.78 is 11.3. The molecule has 0 aliphatic carbocycles. The largest absolute Gasteiger partial charge is 0.493 e. The number of nitrogens with one attached hydrogen (secondary N) is 2. The number of aromatic amines is 1. The molecule has 0 amide bonds. The molecule has 0 unspecified atom stereocenters. The van der Waals surface area contributed by atoms with Crippen molar-refractivity contribution in [2.75, 3.05) is 12.5 Å². The minimum Gasteiger partial charge on any atom is -0.493 e. The molecule has 0 aliphatic heterocycles. The van der Waals surface area contributed by atoms with Gasteiger partial charge in [-0.1, -0.05) is 29.8 Å². The maximum Gasteiger partial charge on any atom is 0.274 e. The number of hydrogen-bond acceptors (Lipinski definition) is 7. The van der Waals surface area contributed by atoms with Gasteiger partial charge < -0.3 is 9.47 Å². The third kappa shape index (κ3) is 4.86. The Balaban J connectivity index is 1.78. The molecule has 144 valence electrons. The fourth-order valence-electron chi connectivity index (χ4n) is 2.34. The van der Waals surface area contributed by atoms with Gasteiger partial charge in [0.15, 0.2) is 11.5 Å². The van der Waals surface area contributed by atoms with Crippen LogP contribution in [0.4, 0.5) is 5.95 Å². The van der Waals surface area contributed by atoms with Crippen LogP contribution in [0.2, 0.25) is 5.02 Å². The first-order valence-electron chi connectivity index (χ1n) is 8.33. The zero-order valence-corrected chi connectivity index (χ0v) is 16.0. The third-order valence-electron chi connectivity index (χ3n) is 3.74. The Kier molecular flexibility index (Phi) is 6.23. The highest BCUT2D eigenvalue weighted by Gasteiger charge is 2.10. The third-order valence-corrected chi connectivity index (χ3v) is 3.97. The van der Waals surface area contributed by atoms with Gasteiger partial charge in [-0.3, -0.25) is 9.78 Å². The van der Waals surface area contributed by atoms with Crippen molar-refractivity contribution in [3.8, 4) is 11.5 Å². The predicted octanol–water partition coefficient (Wildman–Crippen LogP) is 3.16. The van der Waals surface area contributed by atoms with Gasteiger partial charge >= 0.3 is 0 Å². The Morgan fingerprint density at radius 1 is 1.25 bits per heavy atom. The quantitative estimate of drug-likeness (QED) is 0.467. The molecule has 0 fully saturated rings. The van der Waals surface area contributed by atoms with E-state index >= 15 is 0 Å². The number of methoxy groups -OCH3 is 1. The Morgan fingerprint density at radius 2 is 2.07 bits per heavy atom. The van der Waals surface area contributed by atoms with Gasteiger partial charge in [0.2, 0.25) is 5.95 Å². The molecule has 0 radical (unpaired) electrons. The molecule has 28 heavy (non-hydrogen) atoms. The molecule has 8 nitrogen and oxygen atoms in total. The van der Waals surface area contributed by atoms with Crippen LogP contribution in [0.15, 0.2) is 52.4 Å². The van der Waals surface area contributed by atoms with Crippen LogP contribution in [-0.4, -0.2) is 28.5 Å². The van der Waals surface area contributed by atoms with E-state index in [0.717, 1.165) is 5.56 Å². The number of nitrogens with zero attached hydrogens (tertiary/aromatic N) is 3. The Bertz CT molecular complexity index is 1050. The minimum absolute atomic E-state index is 0.135. The van der Waals surface area contributed by atoms with E-state index in [2.05, 4.69) is 25.7 Å². The van der Waals surface area contributed by atoms with Crippen molar-refractivity contribution >= 4 is 23.8 Å². The number of aromatic nitrogens is 3. The molecule has 0 bridgehead atoms.